The highest BCUT2D eigenvalue weighted by atomic mass is 32.1. The number of carbonyl (C=O) groups is 2. The van der Waals surface area contributed by atoms with Gasteiger partial charge in [-0.3, -0.25) is 9.59 Å². The Morgan fingerprint density at radius 3 is 2.89 bits per heavy atom. The van der Waals surface area contributed by atoms with Crippen LogP contribution in [0.15, 0.2) is 54.2 Å². The number of rotatable bonds is 6. The van der Waals surface area contributed by atoms with E-state index in [4.69, 9.17) is 0 Å². The van der Waals surface area contributed by atoms with Crippen molar-refractivity contribution < 1.29 is 9.59 Å². The highest BCUT2D eigenvalue weighted by Crippen LogP contribution is 2.24. The number of hydrogen-bond acceptors (Lipinski definition) is 4. The van der Waals surface area contributed by atoms with Crippen molar-refractivity contribution in [1.29, 1.82) is 0 Å². The Morgan fingerprint density at radius 1 is 1.14 bits per heavy atom. The summed E-state index contributed by atoms with van der Waals surface area (Å²) in [5.41, 5.74) is 3.15. The molecule has 2 aromatic heterocycles. The van der Waals surface area contributed by atoms with Gasteiger partial charge in [0.1, 0.15) is 0 Å². The van der Waals surface area contributed by atoms with E-state index in [1.165, 1.54) is 10.4 Å². The molecule has 0 bridgehead atoms. The second-order valence-corrected chi connectivity index (χ2v) is 7.79. The van der Waals surface area contributed by atoms with E-state index in [0.717, 1.165) is 24.2 Å². The molecule has 1 N–H and O–H groups in total. The fourth-order valence-electron chi connectivity index (χ4n) is 3.42. The smallest absolute Gasteiger partial charge is 0.223 e. The van der Waals surface area contributed by atoms with Gasteiger partial charge in [0, 0.05) is 49.7 Å². The summed E-state index contributed by atoms with van der Waals surface area (Å²) in [4.78, 5) is 27.9. The van der Waals surface area contributed by atoms with Gasteiger partial charge in [-0.15, -0.1) is 11.3 Å². The first-order valence-corrected chi connectivity index (χ1v) is 10.3. The van der Waals surface area contributed by atoms with Crippen LogP contribution in [0.2, 0.25) is 0 Å². The first kappa shape index (κ1) is 18.4. The molecule has 0 spiro atoms. The zero-order chi connectivity index (χ0) is 19.3. The van der Waals surface area contributed by atoms with Crippen molar-refractivity contribution in [3.8, 4) is 5.69 Å². The third-order valence-corrected chi connectivity index (χ3v) is 5.97. The zero-order valence-electron chi connectivity index (χ0n) is 15.5. The van der Waals surface area contributed by atoms with Gasteiger partial charge in [-0.2, -0.15) is 5.10 Å². The summed E-state index contributed by atoms with van der Waals surface area (Å²) < 4.78 is 1.78. The van der Waals surface area contributed by atoms with Gasteiger partial charge in [-0.05, 0) is 41.1 Å². The zero-order valence-corrected chi connectivity index (χ0v) is 16.3. The minimum atomic E-state index is -0.114. The lowest BCUT2D eigenvalue weighted by atomic mass is 10.1. The monoisotopic (exact) mass is 394 g/mol. The van der Waals surface area contributed by atoms with Crippen molar-refractivity contribution in [2.24, 2.45) is 0 Å². The lowest BCUT2D eigenvalue weighted by Crippen LogP contribution is -2.36. The summed E-state index contributed by atoms with van der Waals surface area (Å²) in [6.07, 6.45) is 4.95. The van der Waals surface area contributed by atoms with Crippen LogP contribution < -0.4 is 5.32 Å². The molecule has 1 aliphatic heterocycles. The van der Waals surface area contributed by atoms with Gasteiger partial charge in [-0.1, -0.05) is 18.2 Å². The van der Waals surface area contributed by atoms with E-state index in [2.05, 4.69) is 21.9 Å². The summed E-state index contributed by atoms with van der Waals surface area (Å²) in [7, 11) is 0. The van der Waals surface area contributed by atoms with Crippen LogP contribution in [0.25, 0.3) is 5.69 Å². The number of para-hydroxylation sites is 1. The predicted molar refractivity (Wildman–Crippen MR) is 108 cm³/mol. The van der Waals surface area contributed by atoms with E-state index < -0.39 is 0 Å². The topological polar surface area (TPSA) is 67.2 Å². The Bertz CT molecular complexity index is 964. The summed E-state index contributed by atoms with van der Waals surface area (Å²) in [5, 5.41) is 9.25. The van der Waals surface area contributed by atoms with Gasteiger partial charge in [0.15, 0.2) is 0 Å². The van der Waals surface area contributed by atoms with Crippen molar-refractivity contribution in [3.63, 3.8) is 0 Å². The van der Waals surface area contributed by atoms with Gasteiger partial charge >= 0.3 is 0 Å². The van der Waals surface area contributed by atoms with Crippen LogP contribution in [0.3, 0.4) is 0 Å². The average molecular weight is 395 g/mol. The van der Waals surface area contributed by atoms with Crippen molar-refractivity contribution in [2.45, 2.75) is 32.4 Å². The van der Waals surface area contributed by atoms with Crippen molar-refractivity contribution in [3.05, 3.63) is 70.2 Å². The number of hydrogen-bond donors (Lipinski definition) is 1. The third kappa shape index (κ3) is 4.14. The standard InChI is InChI=1S/C21H22N4O2S/c26-20(6-7-21(27)24-12-8-19-17(15-24)9-13-28-19)22-14-16-4-1-2-5-18(16)25-11-3-10-23-25/h1-5,9-11,13H,6-8,12,14-15H2,(H,22,26). The molecule has 0 saturated heterocycles. The van der Waals surface area contributed by atoms with Gasteiger partial charge < -0.3 is 10.2 Å². The van der Waals surface area contributed by atoms with Crippen LogP contribution >= 0.6 is 11.3 Å². The molecule has 3 heterocycles. The molecule has 28 heavy (non-hydrogen) atoms. The fraction of sp³-hybridized carbons (Fsp3) is 0.286. The molecule has 1 aliphatic rings. The molecule has 0 fully saturated rings. The van der Waals surface area contributed by atoms with Crippen LogP contribution in [-0.4, -0.2) is 33.0 Å². The Hall–Kier alpha value is -2.93. The second-order valence-electron chi connectivity index (χ2n) is 6.79. The second kappa shape index (κ2) is 8.39. The van der Waals surface area contributed by atoms with Crippen molar-refractivity contribution >= 4 is 23.2 Å². The summed E-state index contributed by atoms with van der Waals surface area (Å²) in [5.74, 6) is -0.0687. The van der Waals surface area contributed by atoms with Crippen LogP contribution in [0, 0.1) is 0 Å². The molecular formula is C21H22N4O2S. The van der Waals surface area contributed by atoms with E-state index >= 15 is 0 Å². The Labute approximate surface area is 167 Å². The molecule has 0 atom stereocenters. The minimum Gasteiger partial charge on any atom is -0.352 e. The maximum absolute atomic E-state index is 12.5. The molecule has 0 aliphatic carbocycles. The number of thiophene rings is 1. The number of nitrogens with one attached hydrogen (secondary N) is 1. The van der Waals surface area contributed by atoms with Crippen LogP contribution in [0.1, 0.15) is 28.8 Å². The van der Waals surface area contributed by atoms with Gasteiger partial charge in [-0.25, -0.2) is 4.68 Å². The van der Waals surface area contributed by atoms with Crippen molar-refractivity contribution in [1.82, 2.24) is 20.0 Å². The molecule has 1 aromatic carbocycles. The van der Waals surface area contributed by atoms with E-state index in [1.807, 2.05) is 41.4 Å². The SMILES string of the molecule is O=C(CCC(=O)N1CCc2sccc2C1)NCc1ccccc1-n1cccn1. The molecular weight excluding hydrogens is 372 g/mol. The molecule has 0 saturated carbocycles. The van der Waals surface area contributed by atoms with E-state index in [9.17, 15) is 9.59 Å². The summed E-state index contributed by atoms with van der Waals surface area (Å²) >= 11 is 1.75. The molecule has 4 rings (SSSR count). The van der Waals surface area contributed by atoms with Crippen LogP contribution in [-0.2, 0) is 29.1 Å². The van der Waals surface area contributed by atoms with E-state index in [0.29, 0.717) is 13.1 Å². The molecule has 2 amide bonds. The first-order valence-electron chi connectivity index (χ1n) is 9.38. The number of nitrogens with zero attached hydrogens (tertiary/aromatic N) is 3. The number of aromatic nitrogens is 2. The number of amides is 2. The Morgan fingerprint density at radius 2 is 2.04 bits per heavy atom. The first-order chi connectivity index (χ1) is 13.7. The highest BCUT2D eigenvalue weighted by molar-refractivity contribution is 7.10. The van der Waals surface area contributed by atoms with Gasteiger partial charge in [0.2, 0.25) is 11.8 Å². The van der Waals surface area contributed by atoms with Gasteiger partial charge in [0.05, 0.1) is 5.69 Å². The molecule has 6 nitrogen and oxygen atoms in total. The number of fused-ring (bicyclic) bond motifs is 1. The van der Waals surface area contributed by atoms with Crippen molar-refractivity contribution in [2.75, 3.05) is 6.54 Å². The van der Waals surface area contributed by atoms with Crippen LogP contribution in [0.5, 0.6) is 0 Å². The quantitative estimate of drug-likeness (QED) is 0.699. The third-order valence-electron chi connectivity index (χ3n) is 4.95. The molecule has 144 valence electrons. The average Bonchev–Trinajstić information content (AvgIpc) is 3.41. The molecule has 3 aromatic rings. The summed E-state index contributed by atoms with van der Waals surface area (Å²) in [6, 6.07) is 11.8. The summed E-state index contributed by atoms with van der Waals surface area (Å²) in [6.45, 7) is 1.81. The molecule has 0 unspecified atom stereocenters. The lowest BCUT2D eigenvalue weighted by molar-refractivity contribution is -0.134. The fourth-order valence-corrected chi connectivity index (χ4v) is 4.31. The Balaban J connectivity index is 1.27. The van der Waals surface area contributed by atoms with Gasteiger partial charge in [0.25, 0.3) is 0 Å². The molecule has 7 heteroatoms. The van der Waals surface area contributed by atoms with E-state index in [1.54, 1.807) is 22.2 Å². The minimum absolute atomic E-state index is 0.0453. The lowest BCUT2D eigenvalue weighted by Gasteiger charge is -2.27. The Kier molecular flexibility index (Phi) is 5.53. The molecule has 0 radical (unpaired) electrons. The van der Waals surface area contributed by atoms with E-state index in [-0.39, 0.29) is 24.7 Å². The normalized spacial score (nSPS) is 13.2. The predicted octanol–water partition coefficient (Wildman–Crippen LogP) is 2.92. The number of benzene rings is 1. The maximum Gasteiger partial charge on any atom is 0.223 e. The maximum atomic E-state index is 12.5. The largest absolute Gasteiger partial charge is 0.352 e. The highest BCUT2D eigenvalue weighted by Gasteiger charge is 2.21. The van der Waals surface area contributed by atoms with Crippen LogP contribution in [0.4, 0.5) is 0 Å². The number of carbonyl (C=O) groups excluding carboxylic acids is 2.